The van der Waals surface area contributed by atoms with Crippen LogP contribution in [-0.2, 0) is 21.0 Å². The maximum atomic E-state index is 17.6. The molecule has 1 aliphatic heterocycles. The van der Waals surface area contributed by atoms with Crippen molar-refractivity contribution in [2.24, 2.45) is 28.1 Å². The van der Waals surface area contributed by atoms with Crippen LogP contribution in [0.25, 0.3) is 0 Å². The molecule has 4 fully saturated rings. The summed E-state index contributed by atoms with van der Waals surface area (Å²) in [5.74, 6) is -1.74. The van der Waals surface area contributed by atoms with Crippen molar-refractivity contribution in [2.75, 3.05) is 12.6 Å². The molecule has 10 heteroatoms. The van der Waals surface area contributed by atoms with Gasteiger partial charge in [-0.25, -0.2) is 13.2 Å². The molecule has 1 N–H and O–H groups in total. The molecule has 5 aliphatic rings. The Labute approximate surface area is 228 Å². The molecular weight excluding hydrogens is 535 g/mol. The monoisotopic (exact) mass is 567 g/mol. The van der Waals surface area contributed by atoms with Gasteiger partial charge in [-0.3, -0.25) is 14.4 Å². The van der Waals surface area contributed by atoms with E-state index in [0.717, 1.165) is 4.88 Å². The summed E-state index contributed by atoms with van der Waals surface area (Å²) < 4.78 is 47.1. The van der Waals surface area contributed by atoms with Crippen molar-refractivity contribution in [3.63, 3.8) is 0 Å². The van der Waals surface area contributed by atoms with Gasteiger partial charge in [-0.1, -0.05) is 37.8 Å². The largest absolute Gasteiger partial charge is 0.390 e. The highest BCUT2D eigenvalue weighted by Gasteiger charge is 2.83. The van der Waals surface area contributed by atoms with Gasteiger partial charge in [-0.15, -0.1) is 11.3 Å². The van der Waals surface area contributed by atoms with Gasteiger partial charge >= 0.3 is 0 Å². The number of alkyl halides is 3. The summed E-state index contributed by atoms with van der Waals surface area (Å²) in [7, 11) is 0. The standard InChI is InChI=1S/C28H32F3NO4S2/c1-24-7-6-17(33)9-19(24)20(30)10-21-25(2)11-16-13-32(14-18-5-4-8-37-18)36-28(16,23(35)38-15-29)26(25,3)12-22(34)27(21,24)31/h4-9,16,20-22,34H,10-15H2,1-3H3/t16-,20-,21-,22-,24-,25-,26-,27-,28-/m0/s1. The molecule has 1 saturated heterocycles. The predicted molar refractivity (Wildman–Crippen MR) is 139 cm³/mol. The van der Waals surface area contributed by atoms with Gasteiger partial charge in [0.05, 0.1) is 12.6 Å². The van der Waals surface area contributed by atoms with Crippen molar-refractivity contribution in [3.05, 3.63) is 46.2 Å². The highest BCUT2D eigenvalue weighted by molar-refractivity contribution is 8.13. The molecule has 0 bridgehead atoms. The molecular formula is C28H32F3NO4S2. The van der Waals surface area contributed by atoms with Crippen LogP contribution in [0.15, 0.2) is 41.3 Å². The average Bonchev–Trinajstić information content (AvgIpc) is 3.54. The molecule has 38 heavy (non-hydrogen) atoms. The molecule has 9 atom stereocenters. The second kappa shape index (κ2) is 8.52. The smallest absolute Gasteiger partial charge is 0.226 e. The number of allylic oxidation sites excluding steroid dienone is 4. The summed E-state index contributed by atoms with van der Waals surface area (Å²) in [5.41, 5.74) is -7.24. The van der Waals surface area contributed by atoms with Crippen LogP contribution in [0.1, 0.15) is 44.9 Å². The Balaban J connectivity index is 1.46. The number of carbonyl (C=O) groups is 2. The van der Waals surface area contributed by atoms with E-state index in [0.29, 0.717) is 31.3 Å². The van der Waals surface area contributed by atoms with Gasteiger partial charge in [-0.05, 0) is 60.8 Å². The lowest BCUT2D eigenvalue weighted by molar-refractivity contribution is -0.286. The lowest BCUT2D eigenvalue weighted by Gasteiger charge is -2.67. The molecule has 0 unspecified atom stereocenters. The molecule has 4 aliphatic carbocycles. The van der Waals surface area contributed by atoms with E-state index in [2.05, 4.69) is 0 Å². The summed E-state index contributed by atoms with van der Waals surface area (Å²) in [6, 6.07) is 2.98. The van der Waals surface area contributed by atoms with Crippen LogP contribution in [0.5, 0.6) is 0 Å². The van der Waals surface area contributed by atoms with Gasteiger partial charge in [0.25, 0.3) is 0 Å². The van der Waals surface area contributed by atoms with E-state index in [1.165, 1.54) is 18.2 Å². The Hall–Kier alpha value is -1.46. The number of hydrogen-bond acceptors (Lipinski definition) is 7. The Morgan fingerprint density at radius 1 is 1.32 bits per heavy atom. The number of fused-ring (bicyclic) bond motifs is 7. The van der Waals surface area contributed by atoms with Gasteiger partial charge in [0.15, 0.2) is 17.1 Å². The van der Waals surface area contributed by atoms with Crippen molar-refractivity contribution in [1.82, 2.24) is 5.06 Å². The van der Waals surface area contributed by atoms with E-state index >= 15 is 8.78 Å². The fourth-order valence-corrected chi connectivity index (χ4v) is 10.4. The number of thioether (sulfide) groups is 1. The summed E-state index contributed by atoms with van der Waals surface area (Å²) in [4.78, 5) is 33.5. The van der Waals surface area contributed by atoms with Crippen LogP contribution in [0, 0.1) is 28.1 Å². The van der Waals surface area contributed by atoms with Crippen LogP contribution in [0.3, 0.4) is 0 Å². The van der Waals surface area contributed by atoms with Crippen molar-refractivity contribution in [1.29, 1.82) is 0 Å². The number of halogens is 3. The SMILES string of the molecule is C[C@]12C[C@H](O)[C@@]3(F)[C@@H](C[C@H](F)C4=CC(=O)C=C[C@@]43C)[C@]1(C)C[C@H]1CN(Cc3cccs3)O[C@]12C(=O)SCF. The van der Waals surface area contributed by atoms with Gasteiger partial charge in [0, 0.05) is 34.1 Å². The third-order valence-electron chi connectivity index (χ3n) is 10.8. The van der Waals surface area contributed by atoms with Crippen LogP contribution in [0.2, 0.25) is 0 Å². The Bertz CT molecular complexity index is 1240. The van der Waals surface area contributed by atoms with E-state index in [-0.39, 0.29) is 24.3 Å². The molecule has 1 aromatic heterocycles. The van der Waals surface area contributed by atoms with Crippen molar-refractivity contribution in [3.8, 4) is 0 Å². The highest BCUT2D eigenvalue weighted by atomic mass is 32.2. The Morgan fingerprint density at radius 3 is 2.76 bits per heavy atom. The normalized spacial score (nSPS) is 47.8. The molecule has 5 nitrogen and oxygen atoms in total. The minimum Gasteiger partial charge on any atom is -0.390 e. The second-order valence-electron chi connectivity index (χ2n) is 12.2. The molecule has 0 spiro atoms. The molecule has 0 amide bonds. The number of nitrogens with zero attached hydrogens (tertiary/aromatic N) is 1. The maximum absolute atomic E-state index is 17.6. The molecule has 6 rings (SSSR count). The number of hydroxylamine groups is 2. The second-order valence-corrected chi connectivity index (χ2v) is 14.1. The first-order chi connectivity index (χ1) is 17.9. The number of hydrogen-bond donors (Lipinski definition) is 1. The van der Waals surface area contributed by atoms with Crippen molar-refractivity contribution in [2.45, 2.75) is 70.1 Å². The predicted octanol–water partition coefficient (Wildman–Crippen LogP) is 5.36. The van der Waals surface area contributed by atoms with Crippen molar-refractivity contribution < 1.29 is 32.7 Å². The van der Waals surface area contributed by atoms with Crippen LogP contribution in [0.4, 0.5) is 13.2 Å². The zero-order valence-corrected chi connectivity index (χ0v) is 23.2. The van der Waals surface area contributed by atoms with Gasteiger partial charge in [0.1, 0.15) is 12.2 Å². The lowest BCUT2D eigenvalue weighted by atomic mass is 9.40. The third-order valence-corrected chi connectivity index (χ3v) is 12.4. The molecule has 206 valence electrons. The first-order valence-electron chi connectivity index (χ1n) is 13.0. The lowest BCUT2D eigenvalue weighted by Crippen LogP contribution is -2.73. The van der Waals surface area contributed by atoms with Crippen LogP contribution in [-0.4, -0.2) is 57.2 Å². The van der Waals surface area contributed by atoms with E-state index in [1.54, 1.807) is 23.3 Å². The number of aliphatic hydroxyl groups excluding tert-OH is 1. The van der Waals surface area contributed by atoms with Gasteiger partial charge in [-0.2, -0.15) is 5.06 Å². The zero-order valence-electron chi connectivity index (χ0n) is 21.6. The topological polar surface area (TPSA) is 66.8 Å². The average molecular weight is 568 g/mol. The Kier molecular flexibility index (Phi) is 6.00. The maximum Gasteiger partial charge on any atom is 0.226 e. The summed E-state index contributed by atoms with van der Waals surface area (Å²) in [6.07, 6.45) is 0.748. The summed E-state index contributed by atoms with van der Waals surface area (Å²) in [5, 5.41) is 14.9. The quantitative estimate of drug-likeness (QED) is 0.529. The first-order valence-corrected chi connectivity index (χ1v) is 14.9. The minimum absolute atomic E-state index is 0.0605. The molecule has 0 aromatic carbocycles. The van der Waals surface area contributed by atoms with E-state index < -0.39 is 62.6 Å². The summed E-state index contributed by atoms with van der Waals surface area (Å²) >= 11 is 2.11. The number of carbonyl (C=O) groups excluding carboxylic acids is 2. The fraction of sp³-hybridized carbons (Fsp3) is 0.643. The Morgan fingerprint density at radius 2 is 2.08 bits per heavy atom. The molecule has 3 saturated carbocycles. The van der Waals surface area contributed by atoms with Crippen LogP contribution >= 0.6 is 23.1 Å². The van der Waals surface area contributed by atoms with Gasteiger partial charge in [0.2, 0.25) is 5.12 Å². The number of rotatable bonds is 4. The van der Waals surface area contributed by atoms with Crippen LogP contribution < -0.4 is 0 Å². The fourth-order valence-electron chi connectivity index (χ4n) is 8.95. The molecule has 2 heterocycles. The molecule has 0 radical (unpaired) electrons. The first kappa shape index (κ1) is 26.7. The summed E-state index contributed by atoms with van der Waals surface area (Å²) in [6.45, 7) is 6.13. The van der Waals surface area contributed by atoms with E-state index in [9.17, 15) is 19.1 Å². The number of thiophene rings is 1. The molecule has 1 aromatic rings. The zero-order chi connectivity index (χ0) is 27.3. The van der Waals surface area contributed by atoms with Crippen molar-refractivity contribution >= 4 is 34.0 Å². The van der Waals surface area contributed by atoms with E-state index in [4.69, 9.17) is 4.84 Å². The van der Waals surface area contributed by atoms with Gasteiger partial charge < -0.3 is 5.11 Å². The number of aliphatic hydroxyl groups is 1. The third kappa shape index (κ3) is 3.07. The highest BCUT2D eigenvalue weighted by Crippen LogP contribution is 2.78. The van der Waals surface area contributed by atoms with E-state index in [1.807, 2.05) is 31.4 Å². The number of ketones is 1. The minimum atomic E-state index is -2.26.